The number of aliphatic imine (C=N–C) groups is 1. The van der Waals surface area contributed by atoms with Crippen molar-refractivity contribution < 1.29 is 0 Å². The first kappa shape index (κ1) is 68.0. The number of aryl methyl sites for hydroxylation is 2. The second-order valence-corrected chi connectivity index (χ2v) is 26.3. The van der Waals surface area contributed by atoms with Crippen molar-refractivity contribution in [2.24, 2.45) is 39.3 Å². The van der Waals surface area contributed by atoms with Crippen LogP contribution in [0.2, 0.25) is 0 Å². The Morgan fingerprint density at radius 3 is 2.10 bits per heavy atom. The van der Waals surface area contributed by atoms with E-state index in [1.165, 1.54) is 80.5 Å². The van der Waals surface area contributed by atoms with Crippen LogP contribution in [-0.2, 0) is 19.4 Å². The van der Waals surface area contributed by atoms with Gasteiger partial charge in [0, 0.05) is 78.3 Å². The number of pyridine rings is 1. The third-order valence-electron chi connectivity index (χ3n) is 18.1. The monoisotopic (exact) mass is 1120 g/mol. The van der Waals surface area contributed by atoms with Crippen LogP contribution in [0.25, 0.3) is 33.3 Å². The summed E-state index contributed by atoms with van der Waals surface area (Å²) in [4.78, 5) is 17.5. The second kappa shape index (κ2) is 31.9. The van der Waals surface area contributed by atoms with E-state index in [-0.39, 0.29) is 22.9 Å². The van der Waals surface area contributed by atoms with Crippen LogP contribution in [0.4, 0.5) is 0 Å². The average molecular weight is 1130 g/mol. The van der Waals surface area contributed by atoms with Crippen LogP contribution >= 0.6 is 0 Å². The first-order valence-corrected chi connectivity index (χ1v) is 31.6. The number of nitrogens with one attached hydrogen (secondary N) is 1. The molecule has 83 heavy (non-hydrogen) atoms. The van der Waals surface area contributed by atoms with E-state index in [1.54, 1.807) is 0 Å². The molecule has 5 unspecified atom stereocenters. The molecule has 452 valence electrons. The Hall–Kier alpha value is -5.80. The highest BCUT2D eigenvalue weighted by Crippen LogP contribution is 2.44. The van der Waals surface area contributed by atoms with Crippen molar-refractivity contribution in [3.63, 3.8) is 0 Å². The van der Waals surface area contributed by atoms with Crippen molar-refractivity contribution in [3.05, 3.63) is 175 Å². The number of aromatic nitrogens is 2. The Morgan fingerprint density at radius 1 is 0.904 bits per heavy atom. The molecule has 1 aliphatic carbocycles. The van der Waals surface area contributed by atoms with E-state index in [0.717, 1.165) is 112 Å². The number of allylic oxidation sites excluding steroid dienone is 2. The summed E-state index contributed by atoms with van der Waals surface area (Å²) in [6, 6.07) is 28.9. The maximum Gasteiger partial charge on any atom is 0.0693 e. The Balaban J connectivity index is 0.000000732. The summed E-state index contributed by atoms with van der Waals surface area (Å²) in [6.45, 7) is 50.5. The highest BCUT2D eigenvalue weighted by atomic mass is 15.2. The van der Waals surface area contributed by atoms with Gasteiger partial charge in [0.05, 0.1) is 35.7 Å². The van der Waals surface area contributed by atoms with Gasteiger partial charge in [0.2, 0.25) is 0 Å². The van der Waals surface area contributed by atoms with Crippen LogP contribution in [-0.4, -0.2) is 103 Å². The average Bonchev–Trinajstić information content (AvgIpc) is 2.54. The number of likely N-dealkylation sites (N-methyl/N-ethyl adjacent to an activating group) is 2. The first-order chi connectivity index (χ1) is 39.5. The van der Waals surface area contributed by atoms with Gasteiger partial charge >= 0.3 is 0 Å². The van der Waals surface area contributed by atoms with E-state index in [0.29, 0.717) is 18.4 Å². The summed E-state index contributed by atoms with van der Waals surface area (Å²) in [5.41, 5.74) is 23.2. The SMILES string of the molecule is C=C.C=CCCC(C)(C)Cc1c(-c2cc(C3=NCC(C4(C)CN(C)C4)=C3)cnc2C(C)CC)n(CC)c2ccc(-c3cc(C)cc(CC(NC(=C)C(C(C)C)N(C)C)C(=C)N(C)CCCCN)c3)cc12.CC1CCCC1C.c1ccccc1. The fraction of sp³-hybridized carbons (Fsp3) is 0.520. The third kappa shape index (κ3) is 18.1. The maximum atomic E-state index is 5.90. The lowest BCUT2D eigenvalue weighted by atomic mass is 9.75. The summed E-state index contributed by atoms with van der Waals surface area (Å²) >= 11 is 0. The molecule has 3 aromatic carbocycles. The minimum Gasteiger partial charge on any atom is -0.379 e. The lowest BCUT2D eigenvalue weighted by Crippen LogP contribution is -2.53. The van der Waals surface area contributed by atoms with Crippen LogP contribution in [0.15, 0.2) is 152 Å². The van der Waals surface area contributed by atoms with Gasteiger partial charge in [-0.25, -0.2) is 0 Å². The molecule has 8 heteroatoms. The van der Waals surface area contributed by atoms with Crippen molar-refractivity contribution in [1.29, 1.82) is 0 Å². The lowest BCUT2D eigenvalue weighted by Gasteiger charge is -2.47. The Morgan fingerprint density at radius 2 is 1.55 bits per heavy atom. The Labute approximate surface area is 506 Å². The molecular weight excluding hydrogens is 1010 g/mol. The number of hydrogen-bond acceptors (Lipinski definition) is 7. The van der Waals surface area contributed by atoms with Gasteiger partial charge in [-0.05, 0) is 168 Å². The second-order valence-electron chi connectivity index (χ2n) is 26.3. The van der Waals surface area contributed by atoms with E-state index in [9.17, 15) is 0 Å². The van der Waals surface area contributed by atoms with E-state index < -0.39 is 0 Å². The van der Waals surface area contributed by atoms with Gasteiger partial charge < -0.3 is 30.3 Å². The molecule has 1 saturated carbocycles. The van der Waals surface area contributed by atoms with Gasteiger partial charge in [-0.2, -0.15) is 0 Å². The zero-order valence-electron chi connectivity index (χ0n) is 54.8. The molecule has 2 fully saturated rings. The topological polar surface area (TPSA) is 78.0 Å². The molecule has 5 aromatic rings. The molecule has 2 aliphatic heterocycles. The molecule has 0 radical (unpaired) electrons. The quantitative estimate of drug-likeness (QED) is 0.0448. The zero-order chi connectivity index (χ0) is 61.2. The van der Waals surface area contributed by atoms with E-state index >= 15 is 0 Å². The van der Waals surface area contributed by atoms with Crippen LogP contribution in [0, 0.1) is 35.5 Å². The van der Waals surface area contributed by atoms with Gasteiger partial charge in [0.15, 0.2) is 0 Å². The van der Waals surface area contributed by atoms with Crippen LogP contribution in [0.3, 0.4) is 0 Å². The fourth-order valence-electron chi connectivity index (χ4n) is 13.1. The van der Waals surface area contributed by atoms with Crippen LogP contribution in [0.1, 0.15) is 154 Å². The third-order valence-corrected chi connectivity index (χ3v) is 18.1. The minimum atomic E-state index is -0.0291. The normalized spacial score (nSPS) is 17.6. The molecule has 2 aromatic heterocycles. The number of fused-ring (bicyclic) bond motifs is 1. The molecule has 0 bridgehead atoms. The number of benzene rings is 3. The molecular formula is C75H112N8. The highest BCUT2D eigenvalue weighted by Gasteiger charge is 2.41. The summed E-state index contributed by atoms with van der Waals surface area (Å²) in [6.07, 6.45) is 17.8. The van der Waals surface area contributed by atoms with E-state index in [4.69, 9.17) is 22.3 Å². The van der Waals surface area contributed by atoms with Gasteiger partial charge in [-0.3, -0.25) is 9.98 Å². The largest absolute Gasteiger partial charge is 0.379 e. The molecule has 0 amide bonds. The Kier molecular flexibility index (Phi) is 26.1. The molecule has 3 N–H and O–H groups in total. The standard InChI is InChI=1S/C60H88N8.C7H14.C6H6.C2H4/c1-17-20-25-59(10,11)35-52-50-32-46(47-29-41(6)28-45(30-47)31-53(44(9)67(16)27-22-21-26-61)64-43(8)57(40(4)5)65(13)14)23-24-55(50)68(19-3)58(52)51-33-48(36-63-56(51)42(7)18-2)54-34-49(37-62-54)60(12)38-66(15)39-60;1-6-4-3-5-7(6)2;1-2-4-6-5-3-1;1-2/h17,23-24,28-30,32-34,36,40,42,53,57,64H,1,8-9,18-22,25-27,31,35,37-39,61H2,2-7,10-16H3;6-7H,3-5H2,1-2H3;1-6H;1-2H2. The van der Waals surface area contributed by atoms with Crippen molar-refractivity contribution in [2.45, 2.75) is 165 Å². The van der Waals surface area contributed by atoms with Gasteiger partial charge in [0.25, 0.3) is 0 Å². The number of likely N-dealkylation sites (tertiary alicyclic amines) is 1. The Bertz CT molecular complexity index is 2880. The molecule has 8 rings (SSSR count). The number of nitrogens with two attached hydrogens (primary N) is 1. The van der Waals surface area contributed by atoms with Crippen LogP contribution in [0.5, 0.6) is 0 Å². The zero-order valence-corrected chi connectivity index (χ0v) is 54.8. The smallest absolute Gasteiger partial charge is 0.0693 e. The molecule has 4 heterocycles. The lowest BCUT2D eigenvalue weighted by molar-refractivity contribution is 0.0720. The van der Waals surface area contributed by atoms with Crippen molar-refractivity contribution in [1.82, 2.24) is 29.6 Å². The summed E-state index contributed by atoms with van der Waals surface area (Å²) in [5.74, 6) is 2.72. The van der Waals surface area contributed by atoms with Crippen molar-refractivity contribution in [2.75, 3.05) is 60.9 Å². The van der Waals surface area contributed by atoms with Crippen molar-refractivity contribution >= 4 is 16.6 Å². The summed E-state index contributed by atoms with van der Waals surface area (Å²) < 4.78 is 2.58. The molecule has 0 spiro atoms. The molecule has 3 aliphatic rings. The summed E-state index contributed by atoms with van der Waals surface area (Å²) in [5, 5.41) is 5.23. The highest BCUT2D eigenvalue weighted by molar-refractivity contribution is 6.11. The minimum absolute atomic E-state index is 0.0291. The molecule has 1 saturated heterocycles. The van der Waals surface area contributed by atoms with Gasteiger partial charge in [-0.1, -0.05) is 167 Å². The summed E-state index contributed by atoms with van der Waals surface area (Å²) in [7, 11) is 8.65. The van der Waals surface area contributed by atoms with Crippen LogP contribution < -0.4 is 11.1 Å². The first-order valence-electron chi connectivity index (χ1n) is 31.6. The number of rotatable bonds is 25. The maximum absolute atomic E-state index is 5.90. The fourth-order valence-corrected chi connectivity index (χ4v) is 13.1. The number of nitrogens with zero attached hydrogens (tertiary/aromatic N) is 6. The number of hydrogen-bond donors (Lipinski definition) is 2. The van der Waals surface area contributed by atoms with Gasteiger partial charge in [-0.15, -0.1) is 19.7 Å². The molecule has 8 nitrogen and oxygen atoms in total. The predicted octanol–water partition coefficient (Wildman–Crippen LogP) is 17.1. The predicted molar refractivity (Wildman–Crippen MR) is 364 cm³/mol. The molecule has 5 atom stereocenters. The number of unbranched alkanes of at least 4 members (excludes halogenated alkanes) is 1. The van der Waals surface area contributed by atoms with Crippen molar-refractivity contribution in [3.8, 4) is 22.4 Å². The van der Waals surface area contributed by atoms with E-state index in [1.807, 2.05) is 36.4 Å². The van der Waals surface area contributed by atoms with E-state index in [2.05, 4.69) is 216 Å². The van der Waals surface area contributed by atoms with Gasteiger partial charge in [0.1, 0.15) is 0 Å².